The minimum atomic E-state index is 0. The Morgan fingerprint density at radius 1 is 1.19 bits per heavy atom. The predicted molar refractivity (Wildman–Crippen MR) is 116 cm³/mol. The minimum absolute atomic E-state index is 0. The lowest BCUT2D eigenvalue weighted by Gasteiger charge is -2.22. The zero-order valence-electron chi connectivity index (χ0n) is 15.3. The Morgan fingerprint density at radius 2 is 1.92 bits per heavy atom. The molecule has 1 saturated carbocycles. The normalized spacial score (nSPS) is 22.7. The molecular formula is C20H28IN5. The number of nitrogens with zero attached hydrogens (tertiary/aromatic N) is 4. The van der Waals surface area contributed by atoms with E-state index < -0.39 is 0 Å². The Bertz CT molecular complexity index is 714. The highest BCUT2D eigenvalue weighted by Gasteiger charge is 2.35. The van der Waals surface area contributed by atoms with Crippen molar-refractivity contribution in [3.05, 3.63) is 48.5 Å². The first-order valence-electron chi connectivity index (χ1n) is 9.37. The van der Waals surface area contributed by atoms with E-state index in [2.05, 4.69) is 49.0 Å². The molecule has 1 aromatic heterocycles. The van der Waals surface area contributed by atoms with Crippen molar-refractivity contribution in [3.63, 3.8) is 0 Å². The number of hydrogen-bond acceptors (Lipinski definition) is 2. The highest BCUT2D eigenvalue weighted by molar-refractivity contribution is 14.0. The lowest BCUT2D eigenvalue weighted by Crippen LogP contribution is -2.40. The second-order valence-corrected chi connectivity index (χ2v) is 7.21. The molecule has 1 saturated heterocycles. The summed E-state index contributed by atoms with van der Waals surface area (Å²) < 4.78 is 2.06. The number of likely N-dealkylation sites (tertiary alicyclic amines) is 1. The first-order valence-corrected chi connectivity index (χ1v) is 9.37. The van der Waals surface area contributed by atoms with Crippen LogP contribution in [0.3, 0.4) is 0 Å². The van der Waals surface area contributed by atoms with Gasteiger partial charge in [0, 0.05) is 39.1 Å². The second kappa shape index (κ2) is 8.88. The van der Waals surface area contributed by atoms with Crippen LogP contribution in [-0.4, -0.2) is 40.5 Å². The van der Waals surface area contributed by atoms with Crippen LogP contribution in [0.1, 0.15) is 31.2 Å². The Labute approximate surface area is 172 Å². The topological polar surface area (TPSA) is 45.5 Å². The number of imidazole rings is 1. The van der Waals surface area contributed by atoms with Gasteiger partial charge in [-0.3, -0.25) is 4.99 Å². The number of nitrogens with one attached hydrogen (secondary N) is 1. The summed E-state index contributed by atoms with van der Waals surface area (Å²) in [7, 11) is 1.89. The van der Waals surface area contributed by atoms with Crippen LogP contribution in [0.4, 0.5) is 0 Å². The molecule has 5 nitrogen and oxygen atoms in total. The van der Waals surface area contributed by atoms with Gasteiger partial charge < -0.3 is 14.8 Å². The Kier molecular flexibility index (Phi) is 6.56. The smallest absolute Gasteiger partial charge is 0.193 e. The summed E-state index contributed by atoms with van der Waals surface area (Å²) in [4.78, 5) is 11.2. The third-order valence-corrected chi connectivity index (χ3v) is 5.70. The molecule has 26 heavy (non-hydrogen) atoms. The van der Waals surface area contributed by atoms with Crippen molar-refractivity contribution in [1.29, 1.82) is 0 Å². The number of aliphatic imine (C=N–C) groups is 1. The average Bonchev–Trinajstić information content (AvgIpc) is 3.32. The minimum Gasteiger partial charge on any atom is -0.352 e. The van der Waals surface area contributed by atoms with Crippen molar-refractivity contribution in [2.45, 2.75) is 32.2 Å². The second-order valence-electron chi connectivity index (χ2n) is 7.21. The quantitative estimate of drug-likeness (QED) is 0.428. The molecule has 1 aliphatic heterocycles. The summed E-state index contributed by atoms with van der Waals surface area (Å²) >= 11 is 0. The molecule has 2 atom stereocenters. The molecule has 0 radical (unpaired) electrons. The van der Waals surface area contributed by atoms with E-state index in [1.165, 1.54) is 31.2 Å². The van der Waals surface area contributed by atoms with Crippen LogP contribution < -0.4 is 5.32 Å². The van der Waals surface area contributed by atoms with Gasteiger partial charge in [-0.2, -0.15) is 0 Å². The summed E-state index contributed by atoms with van der Waals surface area (Å²) in [6.45, 7) is 3.09. The molecule has 140 valence electrons. The van der Waals surface area contributed by atoms with E-state index in [0.29, 0.717) is 0 Å². The van der Waals surface area contributed by atoms with E-state index in [1.807, 2.05) is 25.8 Å². The molecule has 0 spiro atoms. The van der Waals surface area contributed by atoms with Crippen molar-refractivity contribution in [3.8, 4) is 5.69 Å². The van der Waals surface area contributed by atoms with Crippen LogP contribution in [-0.2, 0) is 6.54 Å². The van der Waals surface area contributed by atoms with E-state index in [1.54, 1.807) is 0 Å². The number of guanidine groups is 1. The number of benzene rings is 1. The van der Waals surface area contributed by atoms with Gasteiger partial charge in [-0.25, -0.2) is 4.98 Å². The predicted octanol–water partition coefficient (Wildman–Crippen LogP) is 3.69. The van der Waals surface area contributed by atoms with Gasteiger partial charge in [0.2, 0.25) is 0 Å². The fourth-order valence-electron chi connectivity index (χ4n) is 4.40. The number of hydrogen-bond donors (Lipinski definition) is 1. The van der Waals surface area contributed by atoms with Gasteiger partial charge in [0.15, 0.2) is 5.96 Å². The first-order chi connectivity index (χ1) is 12.3. The van der Waals surface area contributed by atoms with Gasteiger partial charge in [0.05, 0.1) is 12.0 Å². The van der Waals surface area contributed by atoms with Gasteiger partial charge in [-0.1, -0.05) is 31.0 Å². The highest BCUT2D eigenvalue weighted by Crippen LogP contribution is 2.35. The maximum absolute atomic E-state index is 4.55. The summed E-state index contributed by atoms with van der Waals surface area (Å²) in [5, 5.41) is 3.58. The first kappa shape index (κ1) is 19.2. The SMILES string of the molecule is CN=C(NCc1ccccc1-n1ccnc1)N1CC2CCCCC2C1.I. The van der Waals surface area contributed by atoms with Crippen LogP contribution in [0.15, 0.2) is 48.0 Å². The molecule has 4 rings (SSSR count). The van der Waals surface area contributed by atoms with E-state index in [0.717, 1.165) is 43.1 Å². The van der Waals surface area contributed by atoms with Crippen LogP contribution in [0, 0.1) is 11.8 Å². The fraction of sp³-hybridized carbons (Fsp3) is 0.500. The van der Waals surface area contributed by atoms with E-state index in [4.69, 9.17) is 0 Å². The van der Waals surface area contributed by atoms with Crippen LogP contribution in [0.25, 0.3) is 5.69 Å². The van der Waals surface area contributed by atoms with Gasteiger partial charge >= 0.3 is 0 Å². The molecule has 2 aromatic rings. The van der Waals surface area contributed by atoms with Gasteiger partial charge in [-0.15, -0.1) is 24.0 Å². The molecule has 2 fully saturated rings. The summed E-state index contributed by atoms with van der Waals surface area (Å²) in [5.41, 5.74) is 2.41. The number of aromatic nitrogens is 2. The van der Waals surface area contributed by atoms with Gasteiger partial charge in [0.25, 0.3) is 0 Å². The van der Waals surface area contributed by atoms with Crippen molar-refractivity contribution in [2.24, 2.45) is 16.8 Å². The summed E-state index contributed by atoms with van der Waals surface area (Å²) in [5.74, 6) is 2.77. The van der Waals surface area contributed by atoms with E-state index in [-0.39, 0.29) is 24.0 Å². The Hall–Kier alpha value is -1.57. The standard InChI is InChI=1S/C20H27N5.HI/c1-21-20(25-13-17-7-2-3-8-18(17)14-25)23-12-16-6-4-5-9-19(16)24-11-10-22-15-24;/h4-6,9-11,15,17-18H,2-3,7-8,12-14H2,1H3,(H,21,23);1H. The fourth-order valence-corrected chi connectivity index (χ4v) is 4.40. The largest absolute Gasteiger partial charge is 0.352 e. The molecule has 6 heteroatoms. The Morgan fingerprint density at radius 3 is 2.58 bits per heavy atom. The molecule has 2 heterocycles. The molecule has 1 aliphatic carbocycles. The summed E-state index contributed by atoms with van der Waals surface area (Å²) in [6.07, 6.45) is 11.2. The van der Waals surface area contributed by atoms with Gasteiger partial charge in [0.1, 0.15) is 0 Å². The maximum atomic E-state index is 4.55. The highest BCUT2D eigenvalue weighted by atomic mass is 127. The Balaban J connectivity index is 0.00000196. The van der Waals surface area contributed by atoms with Crippen molar-refractivity contribution >= 4 is 29.9 Å². The number of para-hydroxylation sites is 1. The third-order valence-electron chi connectivity index (χ3n) is 5.70. The zero-order chi connectivity index (χ0) is 17.1. The van der Waals surface area contributed by atoms with E-state index >= 15 is 0 Å². The van der Waals surface area contributed by atoms with Crippen molar-refractivity contribution in [1.82, 2.24) is 19.8 Å². The van der Waals surface area contributed by atoms with Crippen LogP contribution in [0.5, 0.6) is 0 Å². The van der Waals surface area contributed by atoms with Gasteiger partial charge in [-0.05, 0) is 36.3 Å². The molecule has 2 aliphatic rings. The van der Waals surface area contributed by atoms with Crippen molar-refractivity contribution in [2.75, 3.05) is 20.1 Å². The zero-order valence-corrected chi connectivity index (χ0v) is 17.7. The molecular weight excluding hydrogens is 437 g/mol. The number of halogens is 1. The van der Waals surface area contributed by atoms with Crippen molar-refractivity contribution < 1.29 is 0 Å². The lowest BCUT2D eigenvalue weighted by atomic mass is 9.82. The van der Waals surface area contributed by atoms with Crippen LogP contribution in [0.2, 0.25) is 0 Å². The monoisotopic (exact) mass is 465 g/mol. The molecule has 0 amide bonds. The molecule has 0 bridgehead atoms. The number of rotatable bonds is 3. The molecule has 1 N–H and O–H groups in total. The number of fused-ring (bicyclic) bond motifs is 1. The lowest BCUT2D eigenvalue weighted by molar-refractivity contribution is 0.299. The summed E-state index contributed by atoms with van der Waals surface area (Å²) in [6, 6.07) is 8.45. The maximum Gasteiger partial charge on any atom is 0.193 e. The third kappa shape index (κ3) is 4.05. The average molecular weight is 465 g/mol. The molecule has 1 aromatic carbocycles. The van der Waals surface area contributed by atoms with E-state index in [9.17, 15) is 0 Å². The molecule has 2 unspecified atom stereocenters. The van der Waals surface area contributed by atoms with Crippen LogP contribution >= 0.6 is 24.0 Å².